The molecule has 0 aromatic rings. The Morgan fingerprint density at radius 3 is 2.50 bits per heavy atom. The highest BCUT2D eigenvalue weighted by atomic mass is 16.1. The smallest absolute Gasteiger partial charge is 0.221 e. The number of carbonyl (C=O) groups is 1. The van der Waals surface area contributed by atoms with Gasteiger partial charge < -0.3 is 10.6 Å². The summed E-state index contributed by atoms with van der Waals surface area (Å²) in [5.74, 6) is 0.101. The third-order valence-electron chi connectivity index (χ3n) is 1.68. The molecule has 0 radical (unpaired) electrons. The minimum absolute atomic E-state index is 0.0847. The van der Waals surface area contributed by atoms with E-state index in [4.69, 9.17) is 0 Å². The van der Waals surface area contributed by atoms with Gasteiger partial charge in [-0.1, -0.05) is 6.08 Å². The zero-order valence-corrected chi connectivity index (χ0v) is 9.52. The standard InChI is InChI=1S/C11H22N2O/c1-5-6-8-12-10(14)7-9-13-11(2,3)4/h5,13H,1,6-9H2,2-4H3,(H,12,14). The van der Waals surface area contributed by atoms with Crippen molar-refractivity contribution in [1.82, 2.24) is 10.6 Å². The van der Waals surface area contributed by atoms with Crippen LogP contribution in [-0.2, 0) is 4.79 Å². The molecule has 0 unspecified atom stereocenters. The summed E-state index contributed by atoms with van der Waals surface area (Å²) in [6, 6.07) is 0. The molecular weight excluding hydrogens is 176 g/mol. The number of hydrogen-bond acceptors (Lipinski definition) is 2. The molecular formula is C11H22N2O. The van der Waals surface area contributed by atoms with E-state index in [0.717, 1.165) is 13.0 Å². The van der Waals surface area contributed by atoms with Crippen LogP contribution in [0.25, 0.3) is 0 Å². The second-order valence-corrected chi connectivity index (χ2v) is 4.35. The Morgan fingerprint density at radius 1 is 1.36 bits per heavy atom. The molecule has 0 spiro atoms. The maximum Gasteiger partial charge on any atom is 0.221 e. The summed E-state index contributed by atoms with van der Waals surface area (Å²) < 4.78 is 0. The van der Waals surface area contributed by atoms with Gasteiger partial charge in [-0.05, 0) is 27.2 Å². The largest absolute Gasteiger partial charge is 0.356 e. The Kier molecular flexibility index (Phi) is 6.21. The van der Waals surface area contributed by atoms with Crippen molar-refractivity contribution in [3.8, 4) is 0 Å². The summed E-state index contributed by atoms with van der Waals surface area (Å²) in [5.41, 5.74) is 0.0847. The topological polar surface area (TPSA) is 41.1 Å². The quantitative estimate of drug-likeness (QED) is 0.501. The molecule has 0 aliphatic heterocycles. The van der Waals surface area contributed by atoms with E-state index >= 15 is 0 Å². The summed E-state index contributed by atoms with van der Waals surface area (Å²) in [7, 11) is 0. The average molecular weight is 198 g/mol. The molecule has 3 nitrogen and oxygen atoms in total. The van der Waals surface area contributed by atoms with Crippen LogP contribution in [-0.4, -0.2) is 24.5 Å². The first kappa shape index (κ1) is 13.2. The van der Waals surface area contributed by atoms with Crippen molar-refractivity contribution < 1.29 is 4.79 Å². The molecule has 1 amide bonds. The van der Waals surface area contributed by atoms with Crippen LogP contribution in [0.2, 0.25) is 0 Å². The number of hydrogen-bond donors (Lipinski definition) is 2. The Labute approximate surface area is 87.0 Å². The Hall–Kier alpha value is -0.830. The van der Waals surface area contributed by atoms with Gasteiger partial charge in [0.25, 0.3) is 0 Å². The summed E-state index contributed by atoms with van der Waals surface area (Å²) in [6.07, 6.45) is 3.17. The normalized spacial score (nSPS) is 11.1. The number of amides is 1. The monoisotopic (exact) mass is 198 g/mol. The molecule has 2 N–H and O–H groups in total. The van der Waals surface area contributed by atoms with Crippen molar-refractivity contribution in [2.75, 3.05) is 13.1 Å². The predicted molar refractivity (Wildman–Crippen MR) is 60.2 cm³/mol. The second kappa shape index (κ2) is 6.60. The van der Waals surface area contributed by atoms with Crippen molar-refractivity contribution in [2.24, 2.45) is 0 Å². The van der Waals surface area contributed by atoms with E-state index in [1.54, 1.807) is 6.08 Å². The fourth-order valence-corrected chi connectivity index (χ4v) is 0.953. The number of nitrogens with one attached hydrogen (secondary N) is 2. The minimum atomic E-state index is 0.0847. The van der Waals surface area contributed by atoms with Crippen LogP contribution in [0.3, 0.4) is 0 Å². The highest BCUT2D eigenvalue weighted by Crippen LogP contribution is 1.97. The van der Waals surface area contributed by atoms with Crippen LogP contribution in [0.5, 0.6) is 0 Å². The van der Waals surface area contributed by atoms with Crippen molar-refractivity contribution >= 4 is 5.91 Å². The molecule has 0 rings (SSSR count). The Morgan fingerprint density at radius 2 is 2.00 bits per heavy atom. The molecule has 14 heavy (non-hydrogen) atoms. The van der Waals surface area contributed by atoms with E-state index in [0.29, 0.717) is 13.0 Å². The van der Waals surface area contributed by atoms with Crippen LogP contribution in [0.15, 0.2) is 12.7 Å². The van der Waals surface area contributed by atoms with E-state index in [2.05, 4.69) is 38.0 Å². The SMILES string of the molecule is C=CCCNC(=O)CCNC(C)(C)C. The van der Waals surface area contributed by atoms with Gasteiger partial charge in [0.2, 0.25) is 5.91 Å². The molecule has 0 aliphatic rings. The maximum absolute atomic E-state index is 11.2. The molecule has 0 heterocycles. The Balaban J connectivity index is 3.40. The van der Waals surface area contributed by atoms with Gasteiger partial charge >= 0.3 is 0 Å². The van der Waals surface area contributed by atoms with Gasteiger partial charge in [0.15, 0.2) is 0 Å². The maximum atomic E-state index is 11.2. The second-order valence-electron chi connectivity index (χ2n) is 4.35. The zero-order valence-electron chi connectivity index (χ0n) is 9.52. The van der Waals surface area contributed by atoms with E-state index < -0.39 is 0 Å². The molecule has 0 aliphatic carbocycles. The molecule has 0 saturated heterocycles. The van der Waals surface area contributed by atoms with E-state index in [1.807, 2.05) is 0 Å². The van der Waals surface area contributed by atoms with Gasteiger partial charge in [0.1, 0.15) is 0 Å². The zero-order chi connectivity index (χ0) is 11.0. The summed E-state index contributed by atoms with van der Waals surface area (Å²) in [5, 5.41) is 6.08. The van der Waals surface area contributed by atoms with Crippen molar-refractivity contribution in [2.45, 2.75) is 39.2 Å². The van der Waals surface area contributed by atoms with Crippen molar-refractivity contribution in [3.05, 3.63) is 12.7 Å². The third-order valence-corrected chi connectivity index (χ3v) is 1.68. The lowest BCUT2D eigenvalue weighted by Gasteiger charge is -2.20. The highest BCUT2D eigenvalue weighted by molar-refractivity contribution is 5.76. The van der Waals surface area contributed by atoms with Crippen LogP contribution in [0, 0.1) is 0 Å². The molecule has 82 valence electrons. The lowest BCUT2D eigenvalue weighted by atomic mass is 10.1. The average Bonchev–Trinajstić information content (AvgIpc) is 2.02. The highest BCUT2D eigenvalue weighted by Gasteiger charge is 2.08. The Bertz CT molecular complexity index is 182. The molecule has 0 aromatic heterocycles. The summed E-state index contributed by atoms with van der Waals surface area (Å²) in [6.45, 7) is 11.3. The number of rotatable bonds is 6. The van der Waals surface area contributed by atoms with Gasteiger partial charge in [-0.15, -0.1) is 6.58 Å². The van der Waals surface area contributed by atoms with Gasteiger partial charge in [0.05, 0.1) is 0 Å². The van der Waals surface area contributed by atoms with Crippen molar-refractivity contribution in [1.29, 1.82) is 0 Å². The number of carbonyl (C=O) groups excluding carboxylic acids is 1. The summed E-state index contributed by atoms with van der Waals surface area (Å²) >= 11 is 0. The van der Waals surface area contributed by atoms with E-state index in [9.17, 15) is 4.79 Å². The van der Waals surface area contributed by atoms with Crippen molar-refractivity contribution in [3.63, 3.8) is 0 Å². The van der Waals surface area contributed by atoms with Gasteiger partial charge in [0, 0.05) is 25.0 Å². The molecule has 0 atom stereocenters. The lowest BCUT2D eigenvalue weighted by molar-refractivity contribution is -0.120. The van der Waals surface area contributed by atoms with E-state index in [1.165, 1.54) is 0 Å². The first-order valence-electron chi connectivity index (χ1n) is 5.08. The summed E-state index contributed by atoms with van der Waals surface area (Å²) in [4.78, 5) is 11.2. The van der Waals surface area contributed by atoms with Crippen LogP contribution in [0.4, 0.5) is 0 Å². The van der Waals surface area contributed by atoms with Gasteiger partial charge in [-0.25, -0.2) is 0 Å². The fraction of sp³-hybridized carbons (Fsp3) is 0.727. The fourth-order valence-electron chi connectivity index (χ4n) is 0.953. The molecule has 0 fully saturated rings. The van der Waals surface area contributed by atoms with Gasteiger partial charge in [-0.2, -0.15) is 0 Å². The molecule has 0 bridgehead atoms. The molecule has 0 aromatic carbocycles. The molecule has 0 saturated carbocycles. The lowest BCUT2D eigenvalue weighted by Crippen LogP contribution is -2.38. The first-order chi connectivity index (χ1) is 6.45. The van der Waals surface area contributed by atoms with Crippen LogP contribution < -0.4 is 10.6 Å². The minimum Gasteiger partial charge on any atom is -0.356 e. The molecule has 3 heteroatoms. The third kappa shape index (κ3) is 9.26. The van der Waals surface area contributed by atoms with Gasteiger partial charge in [-0.3, -0.25) is 4.79 Å². The predicted octanol–water partition coefficient (Wildman–Crippen LogP) is 1.46. The van der Waals surface area contributed by atoms with Crippen LogP contribution >= 0.6 is 0 Å². The first-order valence-corrected chi connectivity index (χ1v) is 5.08. The van der Waals surface area contributed by atoms with E-state index in [-0.39, 0.29) is 11.4 Å². The van der Waals surface area contributed by atoms with Crippen LogP contribution in [0.1, 0.15) is 33.6 Å².